The number of aromatic nitrogens is 1. The largest absolute Gasteiger partial charge is 0.502 e. The van der Waals surface area contributed by atoms with Crippen molar-refractivity contribution in [1.82, 2.24) is 9.58 Å². The fraction of sp³-hybridized carbons (Fsp3) is 0.263. The molecule has 0 fully saturated rings. The van der Waals surface area contributed by atoms with Crippen molar-refractivity contribution in [3.8, 4) is 11.5 Å². The maximum absolute atomic E-state index is 13.2. The van der Waals surface area contributed by atoms with E-state index in [9.17, 15) is 24.3 Å². The zero-order chi connectivity index (χ0) is 22.0. The van der Waals surface area contributed by atoms with E-state index in [1.54, 1.807) is 12.1 Å². The van der Waals surface area contributed by atoms with Crippen LogP contribution in [0.25, 0.3) is 0 Å². The van der Waals surface area contributed by atoms with Gasteiger partial charge >= 0.3 is 0 Å². The third-order valence-electron chi connectivity index (χ3n) is 4.62. The highest BCUT2D eigenvalue weighted by molar-refractivity contribution is 6.05. The van der Waals surface area contributed by atoms with E-state index < -0.39 is 40.2 Å². The molecule has 1 aliphatic rings. The van der Waals surface area contributed by atoms with Crippen molar-refractivity contribution in [2.24, 2.45) is 5.73 Å². The van der Waals surface area contributed by atoms with Gasteiger partial charge in [0.15, 0.2) is 11.4 Å². The number of hydrogen-bond donors (Lipinski definition) is 2. The van der Waals surface area contributed by atoms with Crippen molar-refractivity contribution in [2.75, 3.05) is 39.0 Å². The average Bonchev–Trinajstić information content (AvgIpc) is 2.74. The first kappa shape index (κ1) is 20.9. The van der Waals surface area contributed by atoms with E-state index in [-0.39, 0.29) is 25.4 Å². The van der Waals surface area contributed by atoms with Gasteiger partial charge in [0.05, 0.1) is 13.7 Å². The Bertz CT molecular complexity index is 1060. The van der Waals surface area contributed by atoms with Crippen LogP contribution < -0.4 is 20.9 Å². The van der Waals surface area contributed by atoms with Crippen LogP contribution in [0.1, 0.15) is 31.2 Å². The number of ether oxygens (including phenoxy) is 2. The molecule has 1 aromatic carbocycles. The monoisotopic (exact) mass is 416 g/mol. The van der Waals surface area contributed by atoms with E-state index in [1.807, 2.05) is 0 Å². The molecular weight excluding hydrogens is 396 g/mol. The Kier molecular flexibility index (Phi) is 5.74. The Morgan fingerprint density at radius 3 is 2.40 bits per heavy atom. The normalized spacial score (nSPS) is 13.2. The van der Waals surface area contributed by atoms with Gasteiger partial charge in [0.2, 0.25) is 5.43 Å². The Morgan fingerprint density at radius 2 is 1.83 bits per heavy atom. The molecule has 2 heterocycles. The van der Waals surface area contributed by atoms with Crippen molar-refractivity contribution in [1.29, 1.82) is 0 Å². The quantitative estimate of drug-likeness (QED) is 0.646. The number of aromatic hydroxyl groups is 1. The fourth-order valence-corrected chi connectivity index (χ4v) is 3.02. The molecule has 0 saturated heterocycles. The lowest BCUT2D eigenvalue weighted by molar-refractivity contribution is 0.0603. The van der Waals surface area contributed by atoms with Crippen LogP contribution in [-0.4, -0.2) is 66.4 Å². The van der Waals surface area contributed by atoms with Crippen molar-refractivity contribution in [3.05, 3.63) is 57.5 Å². The highest BCUT2D eigenvalue weighted by Crippen LogP contribution is 2.23. The molecule has 0 aliphatic carbocycles. The van der Waals surface area contributed by atoms with E-state index in [0.717, 1.165) is 15.9 Å². The summed E-state index contributed by atoms with van der Waals surface area (Å²) in [4.78, 5) is 51.2. The second kappa shape index (κ2) is 8.25. The minimum atomic E-state index is -1.10. The van der Waals surface area contributed by atoms with Gasteiger partial charge in [0.25, 0.3) is 17.7 Å². The summed E-state index contributed by atoms with van der Waals surface area (Å²) >= 11 is 0. The van der Waals surface area contributed by atoms with Crippen LogP contribution in [0, 0.1) is 0 Å². The second-order valence-corrected chi connectivity index (χ2v) is 6.41. The van der Waals surface area contributed by atoms with Gasteiger partial charge in [-0.15, -0.1) is 0 Å². The molecule has 0 atom stereocenters. The SMILES string of the molecule is COCCN1CN(C(=O)c2ccc(OC)cc2)n2cc(C(N)=O)c(=O)c(O)c2C1=O. The molecule has 3 amide bonds. The number of primary amides is 1. The number of benzene rings is 1. The summed E-state index contributed by atoms with van der Waals surface area (Å²) in [5.41, 5.74) is 3.37. The van der Waals surface area contributed by atoms with Gasteiger partial charge in [-0.3, -0.25) is 19.2 Å². The number of fused-ring (bicyclic) bond motifs is 1. The molecule has 0 radical (unpaired) electrons. The predicted molar refractivity (Wildman–Crippen MR) is 104 cm³/mol. The number of rotatable bonds is 6. The summed E-state index contributed by atoms with van der Waals surface area (Å²) in [6.07, 6.45) is 0.979. The highest BCUT2D eigenvalue weighted by Gasteiger charge is 2.36. The summed E-state index contributed by atoms with van der Waals surface area (Å²) < 4.78 is 11.1. The number of nitrogens with zero attached hydrogens (tertiary/aromatic N) is 3. The minimum Gasteiger partial charge on any atom is -0.502 e. The Balaban J connectivity index is 2.15. The van der Waals surface area contributed by atoms with Gasteiger partial charge in [-0.2, -0.15) is 0 Å². The van der Waals surface area contributed by atoms with Crippen LogP contribution in [0.15, 0.2) is 35.3 Å². The number of pyridine rings is 1. The topological polar surface area (TPSA) is 144 Å². The molecule has 1 aliphatic heterocycles. The fourth-order valence-electron chi connectivity index (χ4n) is 3.02. The molecule has 0 unspecified atom stereocenters. The Morgan fingerprint density at radius 1 is 1.17 bits per heavy atom. The van der Waals surface area contributed by atoms with Gasteiger partial charge < -0.3 is 25.2 Å². The number of methoxy groups -OCH3 is 2. The zero-order valence-corrected chi connectivity index (χ0v) is 16.3. The van der Waals surface area contributed by atoms with Gasteiger partial charge in [0, 0.05) is 25.4 Å². The summed E-state index contributed by atoms with van der Waals surface area (Å²) in [5, 5.41) is 11.5. The molecule has 1 aromatic heterocycles. The molecule has 11 heteroatoms. The lowest BCUT2D eigenvalue weighted by atomic mass is 10.1. The van der Waals surface area contributed by atoms with Crippen LogP contribution in [0.4, 0.5) is 0 Å². The molecule has 0 spiro atoms. The third-order valence-corrected chi connectivity index (χ3v) is 4.62. The average molecular weight is 416 g/mol. The van der Waals surface area contributed by atoms with E-state index in [4.69, 9.17) is 15.2 Å². The van der Waals surface area contributed by atoms with Crippen molar-refractivity contribution >= 4 is 17.7 Å². The van der Waals surface area contributed by atoms with Gasteiger partial charge in [-0.05, 0) is 24.3 Å². The van der Waals surface area contributed by atoms with Gasteiger partial charge in [-0.25, -0.2) is 9.69 Å². The predicted octanol–water partition coefficient (Wildman–Crippen LogP) is -0.500. The molecule has 3 rings (SSSR count). The van der Waals surface area contributed by atoms with Gasteiger partial charge in [-0.1, -0.05) is 0 Å². The van der Waals surface area contributed by atoms with Crippen LogP contribution in [0.3, 0.4) is 0 Å². The van der Waals surface area contributed by atoms with Crippen LogP contribution >= 0.6 is 0 Å². The summed E-state index contributed by atoms with van der Waals surface area (Å²) in [6, 6.07) is 6.22. The highest BCUT2D eigenvalue weighted by atomic mass is 16.5. The number of nitrogens with two attached hydrogens (primary N) is 1. The first-order chi connectivity index (χ1) is 14.3. The molecule has 158 valence electrons. The molecule has 0 bridgehead atoms. The van der Waals surface area contributed by atoms with Crippen molar-refractivity contribution < 1.29 is 29.0 Å². The number of carbonyl (C=O) groups is 3. The molecule has 3 N–H and O–H groups in total. The van der Waals surface area contributed by atoms with E-state index >= 15 is 0 Å². The van der Waals surface area contributed by atoms with E-state index in [1.165, 1.54) is 31.3 Å². The number of amides is 3. The zero-order valence-electron chi connectivity index (χ0n) is 16.3. The first-order valence-corrected chi connectivity index (χ1v) is 8.83. The maximum atomic E-state index is 13.2. The molecular formula is C19H20N4O7. The first-order valence-electron chi connectivity index (χ1n) is 8.83. The Hall–Kier alpha value is -3.86. The number of carbonyl (C=O) groups excluding carboxylic acids is 3. The maximum Gasteiger partial charge on any atom is 0.278 e. The minimum absolute atomic E-state index is 0.104. The molecule has 0 saturated carbocycles. The second-order valence-electron chi connectivity index (χ2n) is 6.41. The van der Waals surface area contributed by atoms with Crippen molar-refractivity contribution in [2.45, 2.75) is 0 Å². The van der Waals surface area contributed by atoms with Crippen LogP contribution in [-0.2, 0) is 4.74 Å². The summed E-state index contributed by atoms with van der Waals surface area (Å²) in [7, 11) is 2.94. The third kappa shape index (κ3) is 3.57. The number of hydrogen-bond acceptors (Lipinski definition) is 7. The molecule has 11 nitrogen and oxygen atoms in total. The summed E-state index contributed by atoms with van der Waals surface area (Å²) in [6.45, 7) is 0.0637. The standard InChI is InChI=1S/C19H20N4O7/c1-29-8-7-21-10-23(18(27)11-3-5-12(30-2)6-4-11)22-9-13(17(20)26)15(24)16(25)14(22)19(21)28/h3-6,9,25H,7-8,10H2,1-2H3,(H2,20,26). The van der Waals surface area contributed by atoms with Crippen molar-refractivity contribution in [3.63, 3.8) is 0 Å². The summed E-state index contributed by atoms with van der Waals surface area (Å²) in [5.74, 6) is -2.77. The Labute approximate surface area is 170 Å². The smallest absolute Gasteiger partial charge is 0.278 e. The van der Waals surface area contributed by atoms with E-state index in [0.29, 0.717) is 5.75 Å². The van der Waals surface area contributed by atoms with Crippen LogP contribution in [0.5, 0.6) is 11.5 Å². The lowest BCUT2D eigenvalue weighted by Crippen LogP contribution is -2.57. The molecule has 30 heavy (non-hydrogen) atoms. The molecule has 2 aromatic rings. The van der Waals surface area contributed by atoms with Crippen LogP contribution in [0.2, 0.25) is 0 Å². The van der Waals surface area contributed by atoms with Gasteiger partial charge in [0.1, 0.15) is 18.0 Å². The van der Waals surface area contributed by atoms with E-state index in [2.05, 4.69) is 0 Å². The lowest BCUT2D eigenvalue weighted by Gasteiger charge is -2.38.